The minimum atomic E-state index is 1.25. The van der Waals surface area contributed by atoms with E-state index >= 15 is 0 Å². The number of hydrogen-bond donors (Lipinski definition) is 0. The highest BCUT2D eigenvalue weighted by molar-refractivity contribution is 9.10. The van der Waals surface area contributed by atoms with Crippen LogP contribution in [0.25, 0.3) is 0 Å². The summed E-state index contributed by atoms with van der Waals surface area (Å²) in [7, 11) is 0. The normalized spacial score (nSPS) is 10.7. The SMILES string of the molecule is CCCCCCCCc1sccc1Br. The summed E-state index contributed by atoms with van der Waals surface area (Å²) >= 11 is 5.44. The van der Waals surface area contributed by atoms with Crippen LogP contribution in [0.3, 0.4) is 0 Å². The maximum absolute atomic E-state index is 3.57. The molecule has 0 bridgehead atoms. The molecule has 0 amide bonds. The van der Waals surface area contributed by atoms with Gasteiger partial charge in [-0.25, -0.2) is 0 Å². The Bertz CT molecular complexity index is 242. The quantitative estimate of drug-likeness (QED) is 0.583. The van der Waals surface area contributed by atoms with Gasteiger partial charge in [0.05, 0.1) is 0 Å². The lowest BCUT2D eigenvalue weighted by Crippen LogP contribution is -1.83. The van der Waals surface area contributed by atoms with Gasteiger partial charge in [0, 0.05) is 9.35 Å². The van der Waals surface area contributed by atoms with Gasteiger partial charge < -0.3 is 0 Å². The van der Waals surface area contributed by atoms with Gasteiger partial charge >= 0.3 is 0 Å². The van der Waals surface area contributed by atoms with Crippen molar-refractivity contribution in [1.82, 2.24) is 0 Å². The fourth-order valence-corrected chi connectivity index (χ4v) is 3.17. The molecule has 2 heteroatoms. The van der Waals surface area contributed by atoms with Crippen LogP contribution in [-0.4, -0.2) is 0 Å². The second kappa shape index (κ2) is 7.47. The van der Waals surface area contributed by atoms with Crippen molar-refractivity contribution < 1.29 is 0 Å². The van der Waals surface area contributed by atoms with E-state index < -0.39 is 0 Å². The molecule has 0 nitrogen and oxygen atoms in total. The molecule has 0 aliphatic heterocycles. The molecule has 0 aromatic carbocycles. The van der Waals surface area contributed by atoms with Crippen LogP contribution in [0.5, 0.6) is 0 Å². The van der Waals surface area contributed by atoms with E-state index in [1.165, 1.54) is 54.3 Å². The predicted octanol–water partition coefficient (Wildman–Crippen LogP) is 5.41. The Kier molecular flexibility index (Phi) is 6.54. The van der Waals surface area contributed by atoms with Gasteiger partial charge in [-0.3, -0.25) is 0 Å². The van der Waals surface area contributed by atoms with E-state index in [0.29, 0.717) is 0 Å². The van der Waals surface area contributed by atoms with Crippen LogP contribution in [0.15, 0.2) is 15.9 Å². The predicted molar refractivity (Wildman–Crippen MR) is 69.1 cm³/mol. The van der Waals surface area contributed by atoms with E-state index in [9.17, 15) is 0 Å². The first kappa shape index (κ1) is 12.3. The molecule has 1 rings (SSSR count). The van der Waals surface area contributed by atoms with Crippen molar-refractivity contribution >= 4 is 27.3 Å². The van der Waals surface area contributed by atoms with Crippen molar-refractivity contribution in [2.75, 3.05) is 0 Å². The summed E-state index contributed by atoms with van der Waals surface area (Å²) in [6, 6.07) is 2.15. The molecule has 1 aromatic rings. The maximum atomic E-state index is 3.57. The summed E-state index contributed by atoms with van der Waals surface area (Å²) in [5, 5.41) is 2.16. The molecule has 14 heavy (non-hydrogen) atoms. The molecule has 1 aromatic heterocycles. The lowest BCUT2D eigenvalue weighted by Gasteiger charge is -2.00. The summed E-state index contributed by atoms with van der Waals surface area (Å²) in [5.41, 5.74) is 0. The van der Waals surface area contributed by atoms with E-state index in [1.54, 1.807) is 0 Å². The second-order valence-electron chi connectivity index (χ2n) is 3.71. The Labute approximate surface area is 99.9 Å². The van der Waals surface area contributed by atoms with Gasteiger partial charge in [0.25, 0.3) is 0 Å². The van der Waals surface area contributed by atoms with Gasteiger partial charge in [0.15, 0.2) is 0 Å². The average Bonchev–Trinajstić information content (AvgIpc) is 2.58. The molecular weight excluding hydrogens is 256 g/mol. The maximum Gasteiger partial charge on any atom is 0.0314 e. The molecule has 0 atom stereocenters. The van der Waals surface area contributed by atoms with E-state index in [2.05, 4.69) is 34.3 Å². The van der Waals surface area contributed by atoms with Crippen molar-refractivity contribution in [3.63, 3.8) is 0 Å². The Morgan fingerprint density at radius 3 is 2.50 bits per heavy atom. The van der Waals surface area contributed by atoms with Gasteiger partial charge in [0.2, 0.25) is 0 Å². The van der Waals surface area contributed by atoms with Crippen LogP contribution in [0.2, 0.25) is 0 Å². The number of hydrogen-bond acceptors (Lipinski definition) is 1. The van der Waals surface area contributed by atoms with E-state index in [0.717, 1.165) is 0 Å². The van der Waals surface area contributed by atoms with Gasteiger partial charge in [-0.1, -0.05) is 39.0 Å². The average molecular weight is 275 g/mol. The molecular formula is C12H19BrS. The fraction of sp³-hybridized carbons (Fsp3) is 0.667. The highest BCUT2D eigenvalue weighted by atomic mass is 79.9. The fourth-order valence-electron chi connectivity index (χ4n) is 1.57. The largest absolute Gasteiger partial charge is 0.148 e. The first-order valence-corrected chi connectivity index (χ1v) is 7.23. The molecule has 0 N–H and O–H groups in total. The molecule has 0 radical (unpaired) electrons. The van der Waals surface area contributed by atoms with Crippen LogP contribution in [-0.2, 0) is 6.42 Å². The Morgan fingerprint density at radius 1 is 1.14 bits per heavy atom. The standard InChI is InChI=1S/C12H19BrS/c1-2-3-4-5-6-7-8-12-11(13)9-10-14-12/h9-10H,2-8H2,1H3. The Hall–Kier alpha value is 0.180. The van der Waals surface area contributed by atoms with Crippen molar-refractivity contribution in [3.8, 4) is 0 Å². The molecule has 0 aliphatic carbocycles. The molecule has 0 aliphatic rings. The number of halogens is 1. The molecule has 80 valence electrons. The second-order valence-corrected chi connectivity index (χ2v) is 5.56. The first-order valence-electron chi connectivity index (χ1n) is 5.56. The number of thiophene rings is 1. The van der Waals surface area contributed by atoms with Crippen LogP contribution in [0.4, 0.5) is 0 Å². The third kappa shape index (κ3) is 4.61. The molecule has 0 fully saturated rings. The monoisotopic (exact) mass is 274 g/mol. The van der Waals surface area contributed by atoms with E-state index in [1.807, 2.05) is 11.3 Å². The Balaban J connectivity index is 2.02. The lowest BCUT2D eigenvalue weighted by atomic mass is 10.1. The third-order valence-electron chi connectivity index (χ3n) is 2.45. The summed E-state index contributed by atoms with van der Waals surface area (Å²) in [5.74, 6) is 0. The van der Waals surface area contributed by atoms with Gasteiger partial charge in [0.1, 0.15) is 0 Å². The molecule has 0 spiro atoms. The van der Waals surface area contributed by atoms with Crippen LogP contribution in [0.1, 0.15) is 50.3 Å². The minimum absolute atomic E-state index is 1.25. The minimum Gasteiger partial charge on any atom is -0.148 e. The molecule has 0 unspecified atom stereocenters. The van der Waals surface area contributed by atoms with Crippen LogP contribution in [0, 0.1) is 0 Å². The summed E-state index contributed by atoms with van der Waals surface area (Å²) in [6.07, 6.45) is 9.58. The zero-order valence-corrected chi connectivity index (χ0v) is 11.3. The van der Waals surface area contributed by atoms with Crippen molar-refractivity contribution in [2.24, 2.45) is 0 Å². The van der Waals surface area contributed by atoms with Crippen molar-refractivity contribution in [2.45, 2.75) is 51.9 Å². The molecule has 0 saturated heterocycles. The smallest absolute Gasteiger partial charge is 0.0314 e. The highest BCUT2D eigenvalue weighted by Gasteiger charge is 2.00. The topological polar surface area (TPSA) is 0 Å². The van der Waals surface area contributed by atoms with E-state index in [4.69, 9.17) is 0 Å². The molecule has 0 saturated carbocycles. The Morgan fingerprint density at radius 2 is 1.86 bits per heavy atom. The van der Waals surface area contributed by atoms with Crippen molar-refractivity contribution in [3.05, 3.63) is 20.8 Å². The van der Waals surface area contributed by atoms with Gasteiger partial charge in [-0.2, -0.15) is 0 Å². The first-order chi connectivity index (χ1) is 6.84. The van der Waals surface area contributed by atoms with Gasteiger partial charge in [-0.05, 0) is 40.2 Å². The van der Waals surface area contributed by atoms with Crippen molar-refractivity contribution in [1.29, 1.82) is 0 Å². The van der Waals surface area contributed by atoms with Gasteiger partial charge in [-0.15, -0.1) is 11.3 Å². The zero-order chi connectivity index (χ0) is 10.2. The summed E-state index contributed by atoms with van der Waals surface area (Å²) < 4.78 is 1.30. The number of rotatable bonds is 7. The number of aryl methyl sites for hydroxylation is 1. The van der Waals surface area contributed by atoms with Crippen LogP contribution >= 0.6 is 27.3 Å². The third-order valence-corrected chi connectivity index (χ3v) is 4.43. The highest BCUT2D eigenvalue weighted by Crippen LogP contribution is 2.24. The molecule has 1 heterocycles. The lowest BCUT2D eigenvalue weighted by molar-refractivity contribution is 0.609. The summed E-state index contributed by atoms with van der Waals surface area (Å²) in [6.45, 7) is 2.27. The number of unbranched alkanes of at least 4 members (excludes halogenated alkanes) is 5. The van der Waals surface area contributed by atoms with Crippen LogP contribution < -0.4 is 0 Å². The van der Waals surface area contributed by atoms with E-state index in [-0.39, 0.29) is 0 Å². The summed E-state index contributed by atoms with van der Waals surface area (Å²) in [4.78, 5) is 1.51. The zero-order valence-electron chi connectivity index (χ0n) is 8.89.